The lowest BCUT2D eigenvalue weighted by Gasteiger charge is -2.09. The number of hydrazone groups is 1. The van der Waals surface area contributed by atoms with Crippen molar-refractivity contribution < 1.29 is 9.53 Å². The van der Waals surface area contributed by atoms with Gasteiger partial charge in [0.05, 0.1) is 12.8 Å². The van der Waals surface area contributed by atoms with E-state index in [4.69, 9.17) is 4.74 Å². The van der Waals surface area contributed by atoms with Crippen LogP contribution in [0.5, 0.6) is 0 Å². The number of fused-ring (bicyclic) bond motifs is 2. The molecule has 140 valence electrons. The fourth-order valence-electron chi connectivity index (χ4n) is 3.44. The van der Waals surface area contributed by atoms with E-state index in [-0.39, 0.29) is 0 Å². The number of nitrogens with zero attached hydrogens (tertiary/aromatic N) is 2. The molecular formula is C23H21N3O2. The van der Waals surface area contributed by atoms with Crippen molar-refractivity contribution in [3.8, 4) is 0 Å². The summed E-state index contributed by atoms with van der Waals surface area (Å²) in [5, 5.41) is 7.58. The molecule has 0 bridgehead atoms. The second kappa shape index (κ2) is 7.96. The van der Waals surface area contributed by atoms with Gasteiger partial charge >= 0.3 is 6.09 Å². The van der Waals surface area contributed by atoms with Crippen LogP contribution in [-0.2, 0) is 11.3 Å². The van der Waals surface area contributed by atoms with Crippen LogP contribution >= 0.6 is 0 Å². The standard InChI is InChI=1S/C23H21N3O2/c1-2-28-23(27)25-24-14-19-16-26(22-13-6-5-12-21(19)22)15-18-10-7-9-17-8-3-4-11-20(17)18/h3-14,16H,2,15H2,1H3,(H,25,27)/b24-14+. The Morgan fingerprint density at radius 2 is 1.79 bits per heavy atom. The van der Waals surface area contributed by atoms with Crippen molar-refractivity contribution in [1.29, 1.82) is 0 Å². The Bertz CT molecular complexity index is 1160. The van der Waals surface area contributed by atoms with Crippen LogP contribution in [0.3, 0.4) is 0 Å². The smallest absolute Gasteiger partial charge is 0.427 e. The number of carbonyl (C=O) groups is 1. The maximum atomic E-state index is 11.4. The summed E-state index contributed by atoms with van der Waals surface area (Å²) < 4.78 is 7.03. The molecule has 1 amide bonds. The zero-order chi connectivity index (χ0) is 19.3. The average Bonchev–Trinajstić information content (AvgIpc) is 3.06. The number of aromatic nitrogens is 1. The quantitative estimate of drug-likeness (QED) is 0.400. The highest BCUT2D eigenvalue weighted by molar-refractivity contribution is 5.99. The van der Waals surface area contributed by atoms with Gasteiger partial charge in [0.1, 0.15) is 0 Å². The summed E-state index contributed by atoms with van der Waals surface area (Å²) in [5.41, 5.74) is 5.69. The van der Waals surface area contributed by atoms with E-state index in [0.29, 0.717) is 6.61 Å². The predicted octanol–water partition coefficient (Wildman–Crippen LogP) is 4.92. The lowest BCUT2D eigenvalue weighted by Crippen LogP contribution is -2.18. The minimum Gasteiger partial charge on any atom is -0.449 e. The van der Waals surface area contributed by atoms with Gasteiger partial charge in [0.2, 0.25) is 0 Å². The topological polar surface area (TPSA) is 55.6 Å². The lowest BCUT2D eigenvalue weighted by molar-refractivity contribution is 0.152. The van der Waals surface area contributed by atoms with Crippen molar-refractivity contribution in [3.63, 3.8) is 0 Å². The zero-order valence-electron chi connectivity index (χ0n) is 15.6. The van der Waals surface area contributed by atoms with E-state index in [0.717, 1.165) is 23.0 Å². The summed E-state index contributed by atoms with van der Waals surface area (Å²) in [7, 11) is 0. The molecule has 0 spiro atoms. The average molecular weight is 371 g/mol. The number of nitrogens with one attached hydrogen (secondary N) is 1. The van der Waals surface area contributed by atoms with Crippen molar-refractivity contribution in [3.05, 3.63) is 84.1 Å². The molecule has 1 heterocycles. The molecule has 4 aromatic rings. The molecule has 0 aliphatic heterocycles. The van der Waals surface area contributed by atoms with Crippen LogP contribution in [-0.4, -0.2) is 23.5 Å². The summed E-state index contributed by atoms with van der Waals surface area (Å²) in [6, 6.07) is 23.0. The maximum absolute atomic E-state index is 11.4. The fourth-order valence-corrected chi connectivity index (χ4v) is 3.44. The Balaban J connectivity index is 1.68. The first-order chi connectivity index (χ1) is 13.8. The van der Waals surface area contributed by atoms with E-state index < -0.39 is 6.09 Å². The van der Waals surface area contributed by atoms with E-state index >= 15 is 0 Å². The number of benzene rings is 3. The van der Waals surface area contributed by atoms with Gasteiger partial charge in [-0.1, -0.05) is 60.7 Å². The van der Waals surface area contributed by atoms with Gasteiger partial charge in [-0.2, -0.15) is 5.10 Å². The predicted molar refractivity (Wildman–Crippen MR) is 113 cm³/mol. The van der Waals surface area contributed by atoms with Gasteiger partial charge in [0.15, 0.2) is 0 Å². The van der Waals surface area contributed by atoms with Gasteiger partial charge in [-0.3, -0.25) is 0 Å². The number of hydrogen-bond acceptors (Lipinski definition) is 3. The number of carbonyl (C=O) groups excluding carboxylic acids is 1. The second-order valence-corrected chi connectivity index (χ2v) is 6.46. The maximum Gasteiger partial charge on any atom is 0.427 e. The highest BCUT2D eigenvalue weighted by Gasteiger charge is 2.09. The summed E-state index contributed by atoms with van der Waals surface area (Å²) in [5.74, 6) is 0. The molecule has 28 heavy (non-hydrogen) atoms. The molecular weight excluding hydrogens is 350 g/mol. The molecule has 0 fully saturated rings. The second-order valence-electron chi connectivity index (χ2n) is 6.46. The minimum atomic E-state index is -0.557. The number of para-hydroxylation sites is 1. The van der Waals surface area contributed by atoms with Crippen LogP contribution in [0.1, 0.15) is 18.1 Å². The van der Waals surface area contributed by atoms with Gasteiger partial charge in [-0.05, 0) is 29.3 Å². The number of amides is 1. The SMILES string of the molecule is CCOC(=O)N/N=C/c1cn(Cc2cccc3ccccc23)c2ccccc12. The third-order valence-electron chi connectivity index (χ3n) is 4.67. The fraction of sp³-hybridized carbons (Fsp3) is 0.130. The normalized spacial score (nSPS) is 11.3. The molecule has 0 unspecified atom stereocenters. The Kier molecular flexibility index (Phi) is 5.06. The monoisotopic (exact) mass is 371 g/mol. The first-order valence-corrected chi connectivity index (χ1v) is 9.26. The van der Waals surface area contributed by atoms with Crippen LogP contribution < -0.4 is 5.43 Å². The third-order valence-corrected chi connectivity index (χ3v) is 4.67. The highest BCUT2D eigenvalue weighted by atomic mass is 16.5. The number of ether oxygens (including phenoxy) is 1. The van der Waals surface area contributed by atoms with Gasteiger partial charge in [0.25, 0.3) is 0 Å². The molecule has 0 saturated carbocycles. The number of rotatable bonds is 5. The van der Waals surface area contributed by atoms with Gasteiger partial charge in [-0.25, -0.2) is 10.2 Å². The van der Waals surface area contributed by atoms with Crippen LogP contribution in [0, 0.1) is 0 Å². The largest absolute Gasteiger partial charge is 0.449 e. The Morgan fingerprint density at radius 3 is 2.64 bits per heavy atom. The van der Waals surface area contributed by atoms with Gasteiger partial charge < -0.3 is 9.30 Å². The summed E-state index contributed by atoms with van der Waals surface area (Å²) in [6.07, 6.45) is 3.15. The van der Waals surface area contributed by atoms with Crippen molar-refractivity contribution in [2.75, 3.05) is 6.61 Å². The van der Waals surface area contributed by atoms with Crippen molar-refractivity contribution in [1.82, 2.24) is 9.99 Å². The Morgan fingerprint density at radius 1 is 1.04 bits per heavy atom. The molecule has 0 atom stereocenters. The molecule has 0 aliphatic carbocycles. The van der Waals surface area contributed by atoms with E-state index in [9.17, 15) is 4.79 Å². The third kappa shape index (κ3) is 3.60. The van der Waals surface area contributed by atoms with Gasteiger partial charge in [0, 0.05) is 29.2 Å². The van der Waals surface area contributed by atoms with E-state index in [2.05, 4.69) is 75.9 Å². The first-order valence-electron chi connectivity index (χ1n) is 9.26. The molecule has 5 heteroatoms. The molecule has 1 aromatic heterocycles. The van der Waals surface area contributed by atoms with Crippen molar-refractivity contribution >= 4 is 34.0 Å². The number of hydrogen-bond donors (Lipinski definition) is 1. The first kappa shape index (κ1) is 17.8. The summed E-state index contributed by atoms with van der Waals surface area (Å²) >= 11 is 0. The highest BCUT2D eigenvalue weighted by Crippen LogP contribution is 2.24. The minimum absolute atomic E-state index is 0.311. The molecule has 5 nitrogen and oxygen atoms in total. The Labute approximate surface area is 163 Å². The van der Waals surface area contributed by atoms with Crippen molar-refractivity contribution in [2.45, 2.75) is 13.5 Å². The lowest BCUT2D eigenvalue weighted by atomic mass is 10.0. The summed E-state index contributed by atoms with van der Waals surface area (Å²) in [4.78, 5) is 11.4. The molecule has 1 N–H and O–H groups in total. The van der Waals surface area contributed by atoms with Crippen LogP contribution in [0.25, 0.3) is 21.7 Å². The Hall–Kier alpha value is -3.60. The van der Waals surface area contributed by atoms with E-state index in [1.54, 1.807) is 13.1 Å². The van der Waals surface area contributed by atoms with Crippen LogP contribution in [0.15, 0.2) is 78.0 Å². The molecule has 0 radical (unpaired) electrons. The van der Waals surface area contributed by atoms with E-state index in [1.807, 2.05) is 12.1 Å². The van der Waals surface area contributed by atoms with Crippen LogP contribution in [0.2, 0.25) is 0 Å². The molecule has 4 rings (SSSR count). The molecule has 0 aliphatic rings. The van der Waals surface area contributed by atoms with Gasteiger partial charge in [-0.15, -0.1) is 0 Å². The molecule has 0 saturated heterocycles. The van der Waals surface area contributed by atoms with Crippen molar-refractivity contribution in [2.24, 2.45) is 5.10 Å². The molecule has 3 aromatic carbocycles. The van der Waals surface area contributed by atoms with Crippen LogP contribution in [0.4, 0.5) is 4.79 Å². The summed E-state index contributed by atoms with van der Waals surface area (Å²) in [6.45, 7) is 2.82. The zero-order valence-corrected chi connectivity index (χ0v) is 15.6. The van der Waals surface area contributed by atoms with E-state index in [1.165, 1.54) is 16.3 Å².